The maximum absolute atomic E-state index is 0. The van der Waals surface area contributed by atoms with Gasteiger partial charge in [0.05, 0.1) is 0 Å². The zero-order chi connectivity index (χ0) is 0. The van der Waals surface area contributed by atoms with Crippen molar-refractivity contribution in [3.63, 3.8) is 0 Å². The van der Waals surface area contributed by atoms with E-state index in [0.29, 0.717) is 0 Å². The fraction of sp³-hybridized carbons (Fsp3) is 0. The second-order valence-corrected chi connectivity index (χ2v) is 0. The van der Waals surface area contributed by atoms with Crippen molar-refractivity contribution < 1.29 is 73.9 Å². The molecule has 0 saturated heterocycles. The molecule has 0 saturated carbocycles. The molecule has 0 aliphatic heterocycles. The van der Waals surface area contributed by atoms with Crippen molar-refractivity contribution in [1.29, 1.82) is 0 Å². The van der Waals surface area contributed by atoms with E-state index in [1.54, 1.807) is 0 Å². The first-order valence-electron chi connectivity index (χ1n) is 0. The second kappa shape index (κ2) is 16.5. The van der Waals surface area contributed by atoms with Gasteiger partial charge in [0.15, 0.2) is 17.4 Å². The Morgan fingerprint density at radius 2 is 1.25 bits per heavy atom. The summed E-state index contributed by atoms with van der Waals surface area (Å²) in [5.41, 5.74) is 0. The monoisotopic (exact) mass is 285 g/mol. The Morgan fingerprint density at radius 3 is 1.25 bits per heavy atom. The smallest absolute Gasteiger partial charge is 1.00 e. The normalized spacial score (nSPS) is 0. The predicted octanol–water partition coefficient (Wildman–Crippen LogP) is -5.25. The minimum Gasteiger partial charge on any atom is -1.00 e. The zero-order valence-electron chi connectivity index (χ0n) is 3.41. The van der Waals surface area contributed by atoms with Crippen molar-refractivity contribution in [3.05, 3.63) is 0 Å². The van der Waals surface area contributed by atoms with E-state index in [9.17, 15) is 0 Å². The van der Waals surface area contributed by atoms with Crippen molar-refractivity contribution in [2.75, 3.05) is 0 Å². The molecule has 0 spiro atoms. The number of rotatable bonds is 0. The van der Waals surface area contributed by atoms with Crippen molar-refractivity contribution in [2.45, 2.75) is 0 Å². The third-order valence-corrected chi connectivity index (χ3v) is 0. The minimum atomic E-state index is 0. The molecule has 0 amide bonds. The fourth-order valence-corrected chi connectivity index (χ4v) is 0. The second-order valence-electron chi connectivity index (χ2n) is 0. The molecule has 21 valence electrons. The van der Waals surface area contributed by atoms with E-state index >= 15 is 0 Å². The molecule has 0 aromatic rings. The van der Waals surface area contributed by atoms with E-state index in [1.807, 2.05) is 0 Å². The summed E-state index contributed by atoms with van der Waals surface area (Å²) in [7, 11) is 0. The summed E-state index contributed by atoms with van der Waals surface area (Å²) in [6, 6.07) is 0. The van der Waals surface area contributed by atoms with Crippen LogP contribution < -0.4 is 51.4 Å². The van der Waals surface area contributed by atoms with Gasteiger partial charge in [-0.25, -0.2) is 0 Å². The summed E-state index contributed by atoms with van der Waals surface area (Å²) in [6.07, 6.45) is 0. The Morgan fingerprint density at radius 1 is 1.25 bits per heavy atom. The van der Waals surface area contributed by atoms with Gasteiger partial charge in [0.25, 0.3) is 0 Å². The topological polar surface area (TPSA) is 0 Å². The van der Waals surface area contributed by atoms with E-state index in [4.69, 9.17) is 0 Å². The molecular weight excluding hydrogens is 278 g/mol. The molecular formula is H7AlKSiW. The van der Waals surface area contributed by atoms with Gasteiger partial charge in [0, 0.05) is 21.1 Å². The van der Waals surface area contributed by atoms with Crippen LogP contribution in [-0.4, -0.2) is 28.3 Å². The molecule has 0 atom stereocenters. The minimum absolute atomic E-state index is 0. The van der Waals surface area contributed by atoms with E-state index in [1.165, 1.54) is 0 Å². The van der Waals surface area contributed by atoms with Gasteiger partial charge in [0.1, 0.15) is 0 Å². The van der Waals surface area contributed by atoms with Crippen molar-refractivity contribution in [1.82, 2.24) is 0 Å². The Balaban J connectivity index is 0. The largest absolute Gasteiger partial charge is 1.00 e. The van der Waals surface area contributed by atoms with Crippen molar-refractivity contribution >= 4 is 28.3 Å². The van der Waals surface area contributed by atoms with Gasteiger partial charge in [-0.1, -0.05) is 0 Å². The average molecular weight is 285 g/mol. The quantitative estimate of drug-likeness (QED) is 0.390. The van der Waals surface area contributed by atoms with Crippen LogP contribution >= 0.6 is 0 Å². The first-order valence-corrected chi connectivity index (χ1v) is 0. The van der Waals surface area contributed by atoms with E-state index in [0.717, 1.165) is 0 Å². The third-order valence-electron chi connectivity index (χ3n) is 0. The molecule has 0 rings (SSSR count). The fourth-order valence-electron chi connectivity index (χ4n) is 0. The van der Waals surface area contributed by atoms with Crippen LogP contribution in [0.1, 0.15) is 1.43 Å². The molecule has 0 unspecified atom stereocenters. The molecule has 0 heterocycles. The molecule has 0 aliphatic rings. The molecule has 1 radical (unpaired) electrons. The molecule has 0 N–H and O–H groups in total. The summed E-state index contributed by atoms with van der Waals surface area (Å²) >= 11 is 0. The summed E-state index contributed by atoms with van der Waals surface area (Å²) in [6.45, 7) is 0. The summed E-state index contributed by atoms with van der Waals surface area (Å²) in [5, 5.41) is 0. The Labute approximate surface area is 99.8 Å². The SMILES string of the molecule is [AlH3].[H-].[K+].[SiH3].[W]. The maximum Gasteiger partial charge on any atom is 1.00 e. The van der Waals surface area contributed by atoms with Crippen LogP contribution in [0.3, 0.4) is 0 Å². The van der Waals surface area contributed by atoms with Crippen LogP contribution in [0.5, 0.6) is 0 Å². The summed E-state index contributed by atoms with van der Waals surface area (Å²) in [5.74, 6) is 0. The van der Waals surface area contributed by atoms with Gasteiger partial charge in [0.2, 0.25) is 0 Å². The predicted molar refractivity (Wildman–Crippen MR) is 21.0 cm³/mol. The third kappa shape index (κ3) is 8.91. The zero-order valence-corrected chi connectivity index (χ0v) is 10.5. The molecule has 0 aromatic heterocycles. The molecule has 0 nitrogen and oxygen atoms in total. The first kappa shape index (κ1) is 27.6. The maximum atomic E-state index is 0. The van der Waals surface area contributed by atoms with Gasteiger partial charge in [-0.05, 0) is 11.0 Å². The first-order chi connectivity index (χ1) is 0. The van der Waals surface area contributed by atoms with Crippen LogP contribution in [-0.2, 0) is 21.1 Å². The van der Waals surface area contributed by atoms with Gasteiger partial charge in [-0.3, -0.25) is 0 Å². The van der Waals surface area contributed by atoms with E-state index in [-0.39, 0.29) is 102 Å². The standard InChI is InChI=1S/Al.K.H3Si.W.4H/h;;1H3;;;;;/q;+1;;;;;;-1. The summed E-state index contributed by atoms with van der Waals surface area (Å²) < 4.78 is 0. The molecule has 0 bridgehead atoms. The van der Waals surface area contributed by atoms with Crippen LogP contribution in [0, 0.1) is 0 Å². The van der Waals surface area contributed by atoms with Gasteiger partial charge in [-0.15, -0.1) is 0 Å². The molecule has 4 heteroatoms. The Bertz CT molecular complexity index is 11.6. The Kier molecular flexibility index (Phi) is 114. The van der Waals surface area contributed by atoms with Crippen molar-refractivity contribution in [3.8, 4) is 0 Å². The van der Waals surface area contributed by atoms with Crippen LogP contribution in [0.2, 0.25) is 0 Å². The van der Waals surface area contributed by atoms with Crippen LogP contribution in [0.15, 0.2) is 0 Å². The van der Waals surface area contributed by atoms with Gasteiger partial charge >= 0.3 is 51.4 Å². The molecule has 4 heavy (non-hydrogen) atoms. The van der Waals surface area contributed by atoms with Gasteiger partial charge < -0.3 is 1.43 Å². The Hall–Kier alpha value is 3.07. The number of hydrogen-bond acceptors (Lipinski definition) is 0. The van der Waals surface area contributed by atoms with Crippen molar-refractivity contribution in [2.24, 2.45) is 0 Å². The van der Waals surface area contributed by atoms with E-state index in [2.05, 4.69) is 0 Å². The molecule has 0 fully saturated rings. The van der Waals surface area contributed by atoms with Crippen LogP contribution in [0.25, 0.3) is 0 Å². The average Bonchev–Trinajstić information content (AvgIpc) is 0. The van der Waals surface area contributed by atoms with E-state index < -0.39 is 0 Å². The number of hydrogen-bond donors (Lipinski definition) is 0. The molecule has 0 aliphatic carbocycles. The van der Waals surface area contributed by atoms with Gasteiger partial charge in [-0.2, -0.15) is 0 Å². The van der Waals surface area contributed by atoms with Crippen LogP contribution in [0.4, 0.5) is 0 Å². The molecule has 0 aromatic carbocycles. The summed E-state index contributed by atoms with van der Waals surface area (Å²) in [4.78, 5) is 0.